The largest absolute Gasteiger partial charge is 0.477 e. The Bertz CT molecular complexity index is 1380. The Morgan fingerprint density at radius 3 is 2.84 bits per heavy atom. The number of amides is 2. The highest BCUT2D eigenvalue weighted by atomic mass is 32.2. The molecular weight excluding hydrogens is 554 g/mol. The average molecular weight is 579 g/mol. The van der Waals surface area contributed by atoms with E-state index in [-0.39, 0.29) is 40.4 Å². The lowest BCUT2D eigenvalue weighted by Gasteiger charge is -2.49. The first kappa shape index (κ1) is 27.2. The molecule has 1 fully saturated rings. The predicted octanol–water partition coefficient (Wildman–Crippen LogP) is -0.453. The second-order valence-electron chi connectivity index (χ2n) is 7.95. The van der Waals surface area contributed by atoms with Crippen molar-refractivity contribution in [3.05, 3.63) is 41.1 Å². The van der Waals surface area contributed by atoms with Crippen LogP contribution in [0.25, 0.3) is 0 Å². The number of hydrogen-bond acceptors (Lipinski definition) is 13. The van der Waals surface area contributed by atoms with Crippen LogP contribution in [0.1, 0.15) is 5.69 Å². The molecule has 200 valence electrons. The number of hydrogen-bond donors (Lipinski definition) is 5. The minimum absolute atomic E-state index is 0.0499. The standard InChI is InChI=1S/C21H23N9O5S3/c1-3-4-35-28-13(10-8-37-20(24)25-10)16(31)27-14-17(32)30-15(19(33)34)9(6-36-18(14)30)7-38-21-26-11(22)5-12(23)29(21)2/h3,5,8,14,18H,1,4,6-7H2,2H3,(H7,22,23,24,25,27,31,33,34)/p+1/b28-13-/t14?,18-/m1/s1. The van der Waals surface area contributed by atoms with Crippen molar-refractivity contribution in [3.8, 4) is 0 Å². The van der Waals surface area contributed by atoms with Gasteiger partial charge in [-0.1, -0.05) is 22.8 Å². The maximum absolute atomic E-state index is 13.1. The van der Waals surface area contributed by atoms with E-state index < -0.39 is 29.2 Å². The third kappa shape index (κ3) is 5.39. The fourth-order valence-corrected chi connectivity index (χ4v) is 6.65. The molecule has 1 unspecified atom stereocenters. The highest BCUT2D eigenvalue weighted by Gasteiger charge is 2.54. The van der Waals surface area contributed by atoms with E-state index in [0.717, 1.165) is 11.3 Å². The van der Waals surface area contributed by atoms with Crippen molar-refractivity contribution < 1.29 is 28.9 Å². The molecule has 0 spiro atoms. The number of carboxylic acid groups (broad SMARTS) is 1. The summed E-state index contributed by atoms with van der Waals surface area (Å²) in [7, 11) is 1.72. The number of β-lactam (4-membered cyclic amide) rings is 1. The summed E-state index contributed by atoms with van der Waals surface area (Å²) < 4.78 is 1.63. The van der Waals surface area contributed by atoms with Gasteiger partial charge in [-0.2, -0.15) is 0 Å². The highest BCUT2D eigenvalue weighted by molar-refractivity contribution is 8.01. The number of carbonyl (C=O) groups excluding carboxylic acids is 2. The van der Waals surface area contributed by atoms with Gasteiger partial charge in [0.15, 0.2) is 10.8 Å². The summed E-state index contributed by atoms with van der Waals surface area (Å²) in [5.74, 6) is -1.30. The molecular formula is C21H24N9O5S3+. The molecule has 1 saturated heterocycles. The van der Waals surface area contributed by atoms with Crippen LogP contribution in [0.4, 0.5) is 16.8 Å². The Morgan fingerprint density at radius 1 is 1.42 bits per heavy atom. The van der Waals surface area contributed by atoms with E-state index in [1.165, 1.54) is 45.9 Å². The lowest BCUT2D eigenvalue weighted by Crippen LogP contribution is -2.71. The number of nitrogens with one attached hydrogen (secondary N) is 1. The molecule has 4 rings (SSSR count). The van der Waals surface area contributed by atoms with Gasteiger partial charge in [-0.3, -0.25) is 14.5 Å². The van der Waals surface area contributed by atoms with Gasteiger partial charge >= 0.3 is 11.1 Å². The summed E-state index contributed by atoms with van der Waals surface area (Å²) in [6, 6.07) is 0.551. The highest BCUT2D eigenvalue weighted by Crippen LogP contribution is 2.41. The molecule has 0 bridgehead atoms. The van der Waals surface area contributed by atoms with E-state index in [1.54, 1.807) is 11.6 Å². The minimum Gasteiger partial charge on any atom is -0.477 e. The van der Waals surface area contributed by atoms with Crippen LogP contribution in [0, 0.1) is 0 Å². The van der Waals surface area contributed by atoms with Crippen molar-refractivity contribution in [2.45, 2.75) is 16.6 Å². The van der Waals surface area contributed by atoms with Gasteiger partial charge in [-0.05, 0) is 17.3 Å². The third-order valence-electron chi connectivity index (χ3n) is 5.43. The quantitative estimate of drug-likeness (QED) is 0.0354. The topological polar surface area (TPSA) is 216 Å². The summed E-state index contributed by atoms with van der Waals surface area (Å²) in [4.78, 5) is 52.8. The molecule has 2 atom stereocenters. The summed E-state index contributed by atoms with van der Waals surface area (Å²) in [5.41, 5.74) is 17.8. The monoisotopic (exact) mass is 578 g/mol. The Labute approximate surface area is 229 Å². The van der Waals surface area contributed by atoms with Crippen molar-refractivity contribution in [1.82, 2.24) is 20.2 Å². The number of carbonyl (C=O) groups is 3. The van der Waals surface area contributed by atoms with Crippen molar-refractivity contribution in [2.75, 3.05) is 35.3 Å². The summed E-state index contributed by atoms with van der Waals surface area (Å²) >= 11 is 3.70. The van der Waals surface area contributed by atoms with Crippen molar-refractivity contribution >= 4 is 75.1 Å². The lowest BCUT2D eigenvalue weighted by atomic mass is 10.0. The van der Waals surface area contributed by atoms with E-state index >= 15 is 0 Å². The number of fused-ring (bicyclic) bond motifs is 1. The molecule has 38 heavy (non-hydrogen) atoms. The molecule has 0 aromatic carbocycles. The number of aromatic nitrogens is 3. The second kappa shape index (κ2) is 11.3. The first-order chi connectivity index (χ1) is 18.1. The molecule has 2 aliphatic heterocycles. The average Bonchev–Trinajstić information content (AvgIpc) is 3.31. The van der Waals surface area contributed by atoms with E-state index in [0.29, 0.717) is 22.3 Å². The third-order valence-corrected chi connectivity index (χ3v) is 8.56. The summed E-state index contributed by atoms with van der Waals surface area (Å²) in [6.07, 6.45) is 1.45. The first-order valence-electron chi connectivity index (χ1n) is 10.9. The van der Waals surface area contributed by atoms with Crippen LogP contribution in [0.2, 0.25) is 0 Å². The van der Waals surface area contributed by atoms with E-state index in [2.05, 4.69) is 27.0 Å². The maximum atomic E-state index is 13.1. The Balaban J connectivity index is 1.51. The fourth-order valence-electron chi connectivity index (χ4n) is 3.62. The number of thiazole rings is 1. The van der Waals surface area contributed by atoms with Gasteiger partial charge in [0.1, 0.15) is 29.4 Å². The van der Waals surface area contributed by atoms with E-state index in [4.69, 9.17) is 22.0 Å². The second-order valence-corrected chi connectivity index (χ2v) is 10.9. The van der Waals surface area contributed by atoms with Crippen molar-refractivity contribution in [2.24, 2.45) is 12.2 Å². The van der Waals surface area contributed by atoms with Gasteiger partial charge in [-0.15, -0.1) is 23.1 Å². The number of nitrogens with two attached hydrogens (primary N) is 3. The normalized spacial score (nSPS) is 19.0. The molecule has 2 aromatic heterocycles. The maximum Gasteiger partial charge on any atom is 0.352 e. The number of aliphatic carboxylic acids is 1. The van der Waals surface area contributed by atoms with Crippen LogP contribution in [-0.4, -0.2) is 73.0 Å². The van der Waals surface area contributed by atoms with E-state index in [1.807, 2.05) is 0 Å². The van der Waals surface area contributed by atoms with Crippen LogP contribution >= 0.6 is 34.9 Å². The number of nitrogens with zero attached hydrogens (tertiary/aromatic N) is 5. The number of oxime groups is 1. The molecule has 8 N–H and O–H groups in total. The molecule has 17 heteroatoms. The molecule has 2 aliphatic rings. The van der Waals surface area contributed by atoms with Gasteiger partial charge in [-0.25, -0.2) is 14.3 Å². The summed E-state index contributed by atoms with van der Waals surface area (Å²) in [5, 5.41) is 18.0. The van der Waals surface area contributed by atoms with Crippen LogP contribution in [0.15, 0.2) is 45.7 Å². The zero-order valence-corrected chi connectivity index (χ0v) is 22.4. The first-order valence-corrected chi connectivity index (χ1v) is 13.8. The molecule has 0 saturated carbocycles. The lowest BCUT2D eigenvalue weighted by molar-refractivity contribution is -0.698. The van der Waals surface area contributed by atoms with Crippen LogP contribution in [-0.2, 0) is 26.3 Å². The van der Waals surface area contributed by atoms with Gasteiger partial charge in [0, 0.05) is 16.9 Å². The number of nitrogen functional groups attached to an aromatic ring is 3. The minimum atomic E-state index is -1.24. The Morgan fingerprint density at radius 2 is 2.18 bits per heavy atom. The molecule has 14 nitrogen and oxygen atoms in total. The number of thioether (sulfide) groups is 2. The van der Waals surface area contributed by atoms with Crippen molar-refractivity contribution in [1.29, 1.82) is 0 Å². The van der Waals surface area contributed by atoms with Gasteiger partial charge in [0.2, 0.25) is 11.6 Å². The Hall–Kier alpha value is -3.83. The molecule has 0 radical (unpaired) electrons. The molecule has 0 aliphatic carbocycles. The smallest absolute Gasteiger partial charge is 0.352 e. The number of rotatable bonds is 10. The molecule has 2 aromatic rings. The van der Waals surface area contributed by atoms with E-state index in [9.17, 15) is 19.5 Å². The number of carboxylic acids is 1. The van der Waals surface area contributed by atoms with Crippen molar-refractivity contribution in [3.63, 3.8) is 0 Å². The fraction of sp³-hybridized carbons (Fsp3) is 0.286. The van der Waals surface area contributed by atoms with Gasteiger partial charge in [0.05, 0.1) is 13.1 Å². The van der Waals surface area contributed by atoms with Crippen LogP contribution < -0.4 is 27.1 Å². The zero-order valence-electron chi connectivity index (χ0n) is 20.0. The van der Waals surface area contributed by atoms with Gasteiger partial charge in [0.25, 0.3) is 11.8 Å². The Kier molecular flexibility index (Phi) is 8.08. The van der Waals surface area contributed by atoms with Crippen LogP contribution in [0.3, 0.4) is 0 Å². The van der Waals surface area contributed by atoms with Gasteiger partial charge < -0.3 is 32.5 Å². The molecule has 2 amide bonds. The van der Waals surface area contributed by atoms with Crippen LogP contribution in [0.5, 0.6) is 0 Å². The number of anilines is 3. The molecule has 4 heterocycles. The SMILES string of the molecule is C=CCO/N=C(\C(=O)NC1C(=O)N2C(C(=O)O)=C(CSc3nc(N)cc(N)[n+]3C)CS[C@H]12)c1csc(N)n1. The zero-order chi connectivity index (χ0) is 27.6. The summed E-state index contributed by atoms with van der Waals surface area (Å²) in [6.45, 7) is 3.57. The predicted molar refractivity (Wildman–Crippen MR) is 144 cm³/mol.